The van der Waals surface area contributed by atoms with E-state index in [1.54, 1.807) is 24.3 Å². The molecular weight excluding hydrogens is 258 g/mol. The average molecular weight is 275 g/mol. The first-order valence-corrected chi connectivity index (χ1v) is 7.30. The first-order chi connectivity index (χ1) is 8.88. The predicted octanol–water partition coefficient (Wildman–Crippen LogP) is 2.59. The van der Waals surface area contributed by atoms with Crippen LogP contribution in [-0.2, 0) is 9.52 Å². The smallest absolute Gasteiger partial charge is 0.160 e. The Morgan fingerprint density at radius 3 is 2.42 bits per heavy atom. The van der Waals surface area contributed by atoms with E-state index < -0.39 is 9.52 Å². The zero-order valence-corrected chi connectivity index (χ0v) is 11.7. The minimum absolute atomic E-state index is 0.0738. The Morgan fingerprint density at radius 2 is 2.00 bits per heavy atom. The number of benzene rings is 1. The van der Waals surface area contributed by atoms with Crippen molar-refractivity contribution in [2.75, 3.05) is 0 Å². The van der Waals surface area contributed by atoms with Gasteiger partial charge in [-0.3, -0.25) is 9.00 Å². The Balaban J connectivity index is 3.51. The van der Waals surface area contributed by atoms with Gasteiger partial charge in [0, 0.05) is 31.1 Å². The molecular formula is C15H17NO2S. The number of hydrogen-bond donors (Lipinski definition) is 1. The maximum absolute atomic E-state index is 12.6. The van der Waals surface area contributed by atoms with E-state index in [4.69, 9.17) is 5.73 Å². The van der Waals surface area contributed by atoms with Crippen LogP contribution in [0.25, 0.3) is 6.08 Å². The lowest BCUT2D eigenvalue weighted by Crippen LogP contribution is -2.06. The summed E-state index contributed by atoms with van der Waals surface area (Å²) in [4.78, 5) is 12.3. The largest absolute Gasteiger partial charge is 0.404 e. The topological polar surface area (TPSA) is 60.2 Å². The number of hydrogen-bond acceptors (Lipinski definition) is 3. The van der Waals surface area contributed by atoms with Crippen LogP contribution < -0.4 is 5.73 Å². The van der Waals surface area contributed by atoms with Crippen molar-refractivity contribution in [3.05, 3.63) is 59.7 Å². The van der Waals surface area contributed by atoms with Crippen LogP contribution in [0.1, 0.15) is 22.8 Å². The Kier molecular flexibility index (Phi) is 4.51. The summed E-state index contributed by atoms with van der Waals surface area (Å²) in [6.07, 6.45) is 4.20. The molecule has 19 heavy (non-hydrogen) atoms. The highest BCUT2D eigenvalue weighted by Crippen LogP contribution is 2.23. The zero-order chi connectivity index (χ0) is 14.6. The molecule has 4 heteroatoms. The Hall–Kier alpha value is -2.07. The molecule has 1 aromatic rings. The van der Waals surface area contributed by atoms with E-state index in [9.17, 15) is 9.00 Å². The predicted molar refractivity (Wildman–Crippen MR) is 82.5 cm³/mol. The molecule has 0 aliphatic rings. The highest BCUT2D eigenvalue weighted by atomic mass is 32.2. The first-order valence-electron chi connectivity index (χ1n) is 5.57. The summed E-state index contributed by atoms with van der Waals surface area (Å²) < 4.78 is 12.6. The van der Waals surface area contributed by atoms with Crippen LogP contribution in [0.2, 0.25) is 0 Å². The van der Waals surface area contributed by atoms with Gasteiger partial charge in [-0.15, -0.1) is 0 Å². The van der Waals surface area contributed by atoms with Crippen molar-refractivity contribution in [2.45, 2.75) is 11.8 Å². The Morgan fingerprint density at radius 1 is 1.37 bits per heavy atom. The number of ketones is 1. The molecule has 1 aromatic carbocycles. The molecule has 100 valence electrons. The van der Waals surface area contributed by atoms with E-state index in [0.717, 1.165) is 0 Å². The third kappa shape index (κ3) is 2.85. The summed E-state index contributed by atoms with van der Waals surface area (Å²) >= 11 is 0. The molecule has 0 aromatic heterocycles. The maximum Gasteiger partial charge on any atom is 0.160 e. The molecule has 0 saturated heterocycles. The van der Waals surface area contributed by atoms with E-state index in [1.165, 1.54) is 19.2 Å². The van der Waals surface area contributed by atoms with E-state index >= 15 is 0 Å². The second kappa shape index (κ2) is 5.71. The molecule has 2 N–H and O–H groups in total. The molecule has 0 aliphatic carbocycles. The summed E-state index contributed by atoms with van der Waals surface area (Å²) in [5.74, 6) is 3.65. The van der Waals surface area contributed by atoms with Crippen LogP contribution in [0.5, 0.6) is 0 Å². The molecule has 0 heterocycles. The maximum atomic E-state index is 12.6. The zero-order valence-electron chi connectivity index (χ0n) is 10.9. The monoisotopic (exact) mass is 275 g/mol. The summed E-state index contributed by atoms with van der Waals surface area (Å²) in [5, 5.41) is 0. The van der Waals surface area contributed by atoms with Crippen LogP contribution >= 0.6 is 0 Å². The molecule has 1 atom stereocenters. The minimum atomic E-state index is -2.72. The normalized spacial score (nSPS) is 14.5. The van der Waals surface area contributed by atoms with Gasteiger partial charge < -0.3 is 5.73 Å². The molecule has 0 spiro atoms. The van der Waals surface area contributed by atoms with Gasteiger partial charge in [0.25, 0.3) is 0 Å². The molecule has 0 amide bonds. The molecule has 0 aliphatic heterocycles. The van der Waals surface area contributed by atoms with Crippen LogP contribution in [0, 0.1) is 0 Å². The number of rotatable bonds is 5. The van der Waals surface area contributed by atoms with Gasteiger partial charge in [-0.1, -0.05) is 25.3 Å². The standard InChI is InChI=1S/C15H17NO2S/c1-5-12-9-14(7-8-15(12)11(3)17)19(4,18)13(6-2)10-16/h5-10H,1-2,4,16H2,3H3/b13-10+. The number of Topliss-reactive ketones (excluding diaryl/α,β-unsaturated/α-hetero) is 1. The lowest BCUT2D eigenvalue weighted by Gasteiger charge is -2.12. The van der Waals surface area contributed by atoms with Gasteiger partial charge in [-0.2, -0.15) is 0 Å². The summed E-state index contributed by atoms with van der Waals surface area (Å²) in [6, 6.07) is 4.88. The quantitative estimate of drug-likeness (QED) is 0.510. The second-order valence-corrected chi connectivity index (χ2v) is 6.25. The van der Waals surface area contributed by atoms with Gasteiger partial charge in [-0.05, 0) is 36.6 Å². The van der Waals surface area contributed by atoms with Crippen molar-refractivity contribution in [1.29, 1.82) is 0 Å². The summed E-state index contributed by atoms with van der Waals surface area (Å²) in [6.45, 7) is 8.70. The van der Waals surface area contributed by atoms with E-state index in [1.807, 2.05) is 0 Å². The summed E-state index contributed by atoms with van der Waals surface area (Å²) in [7, 11) is -2.72. The first kappa shape index (κ1) is 15.0. The fourth-order valence-electron chi connectivity index (χ4n) is 1.68. The molecule has 3 nitrogen and oxygen atoms in total. The van der Waals surface area contributed by atoms with Crippen molar-refractivity contribution >= 4 is 27.3 Å². The Bertz CT molecular complexity index is 667. The van der Waals surface area contributed by atoms with Gasteiger partial charge in [-0.25, -0.2) is 0 Å². The van der Waals surface area contributed by atoms with Gasteiger partial charge >= 0.3 is 0 Å². The third-order valence-corrected chi connectivity index (χ3v) is 4.83. The Labute approximate surface area is 114 Å². The highest BCUT2D eigenvalue weighted by molar-refractivity contribution is 8.04. The summed E-state index contributed by atoms with van der Waals surface area (Å²) in [5.41, 5.74) is 6.59. The van der Waals surface area contributed by atoms with Crippen molar-refractivity contribution in [1.82, 2.24) is 0 Å². The molecule has 1 unspecified atom stereocenters. The number of carbonyl (C=O) groups is 1. The molecule has 0 fully saturated rings. The van der Waals surface area contributed by atoms with Gasteiger partial charge in [0.15, 0.2) is 5.78 Å². The van der Waals surface area contributed by atoms with Crippen LogP contribution in [0.3, 0.4) is 0 Å². The van der Waals surface area contributed by atoms with Crippen molar-refractivity contribution < 1.29 is 9.00 Å². The van der Waals surface area contributed by atoms with E-state index in [-0.39, 0.29) is 5.78 Å². The molecule has 0 saturated carbocycles. The highest BCUT2D eigenvalue weighted by Gasteiger charge is 2.14. The van der Waals surface area contributed by atoms with Gasteiger partial charge in [0.05, 0.1) is 0 Å². The fourth-order valence-corrected chi connectivity index (χ4v) is 3.05. The van der Waals surface area contributed by atoms with Gasteiger partial charge in [0.2, 0.25) is 0 Å². The van der Waals surface area contributed by atoms with E-state index in [2.05, 4.69) is 19.0 Å². The lowest BCUT2D eigenvalue weighted by atomic mass is 10.0. The van der Waals surface area contributed by atoms with Crippen molar-refractivity contribution in [2.24, 2.45) is 5.73 Å². The number of carbonyl (C=O) groups excluding carboxylic acids is 1. The third-order valence-electron chi connectivity index (χ3n) is 2.75. The fraction of sp³-hybridized carbons (Fsp3) is 0.0667. The van der Waals surface area contributed by atoms with Crippen LogP contribution in [0.15, 0.2) is 53.4 Å². The average Bonchev–Trinajstić information content (AvgIpc) is 2.38. The second-order valence-electron chi connectivity index (χ2n) is 3.96. The van der Waals surface area contributed by atoms with Crippen LogP contribution in [-0.4, -0.2) is 15.9 Å². The lowest BCUT2D eigenvalue weighted by molar-refractivity contribution is 0.101. The van der Waals surface area contributed by atoms with Gasteiger partial charge in [0.1, 0.15) is 0 Å². The number of nitrogens with two attached hydrogens (primary N) is 1. The van der Waals surface area contributed by atoms with Crippen molar-refractivity contribution in [3.8, 4) is 0 Å². The SMILES string of the molecule is C=C/C(=C\N)S(=C)(=O)c1ccc(C(C)=O)c(C=C)c1. The number of allylic oxidation sites excluding steroid dienone is 1. The molecule has 1 rings (SSSR count). The minimum Gasteiger partial charge on any atom is -0.404 e. The molecule has 0 bridgehead atoms. The van der Waals surface area contributed by atoms with E-state index in [0.29, 0.717) is 20.9 Å². The van der Waals surface area contributed by atoms with Crippen molar-refractivity contribution in [3.63, 3.8) is 0 Å². The van der Waals surface area contributed by atoms with Crippen LogP contribution in [0.4, 0.5) is 0 Å². The molecule has 0 radical (unpaired) electrons.